The average Bonchev–Trinajstić information content (AvgIpc) is 2.34. The summed E-state index contributed by atoms with van der Waals surface area (Å²) in [6, 6.07) is 10.3. The van der Waals surface area contributed by atoms with Crippen molar-refractivity contribution < 1.29 is 0 Å². The zero-order chi connectivity index (χ0) is 15.1. The molecule has 2 heteroatoms. The Labute approximate surface area is 121 Å². The molecule has 0 aliphatic heterocycles. The van der Waals surface area contributed by atoms with Gasteiger partial charge < -0.3 is 0 Å². The molecule has 0 amide bonds. The molecule has 0 bridgehead atoms. The summed E-state index contributed by atoms with van der Waals surface area (Å²) in [5.41, 5.74) is 3.76. The molecule has 0 radical (unpaired) electrons. The van der Waals surface area contributed by atoms with Gasteiger partial charge in [0.25, 0.3) is 0 Å². The van der Waals surface area contributed by atoms with Crippen LogP contribution in [0.2, 0.25) is 0 Å². The van der Waals surface area contributed by atoms with Crippen LogP contribution in [0.4, 0.5) is 0 Å². The summed E-state index contributed by atoms with van der Waals surface area (Å²) in [5, 5.41) is 10.4. The molecule has 0 saturated carbocycles. The number of hydrogen-bond acceptors (Lipinski definition) is 2. The number of nitrogens with zero attached hydrogens (tertiary/aromatic N) is 2. The summed E-state index contributed by atoms with van der Waals surface area (Å²) in [4.78, 5) is 4.77. The fraction of sp³-hybridized carbons (Fsp3) is 0.444. The van der Waals surface area contributed by atoms with Crippen molar-refractivity contribution in [2.75, 3.05) is 0 Å². The first-order valence-electron chi connectivity index (χ1n) is 6.99. The molecule has 0 N–H and O–H groups in total. The Morgan fingerprint density at radius 2 is 1.65 bits per heavy atom. The van der Waals surface area contributed by atoms with E-state index in [9.17, 15) is 5.26 Å². The van der Waals surface area contributed by atoms with Crippen LogP contribution in [0.25, 0.3) is 10.9 Å². The highest BCUT2D eigenvalue weighted by atomic mass is 14.7. The third kappa shape index (κ3) is 2.54. The lowest BCUT2D eigenvalue weighted by atomic mass is 9.81. The van der Waals surface area contributed by atoms with Crippen molar-refractivity contribution >= 4 is 10.9 Å². The molecule has 104 valence electrons. The van der Waals surface area contributed by atoms with Crippen molar-refractivity contribution in [2.45, 2.75) is 52.4 Å². The molecule has 0 spiro atoms. The Bertz CT molecular complexity index is 692. The van der Waals surface area contributed by atoms with E-state index in [1.165, 1.54) is 5.56 Å². The molecule has 0 saturated heterocycles. The van der Waals surface area contributed by atoms with Gasteiger partial charge in [-0.15, -0.1) is 0 Å². The molecule has 0 unspecified atom stereocenters. The minimum absolute atomic E-state index is 0.0231. The maximum atomic E-state index is 9.33. The molecule has 0 aliphatic rings. The minimum atomic E-state index is -0.0310. The second-order valence-electron chi connectivity index (χ2n) is 7.37. The van der Waals surface area contributed by atoms with Crippen molar-refractivity contribution in [3.8, 4) is 6.07 Å². The predicted molar refractivity (Wildman–Crippen MR) is 83.9 cm³/mol. The topological polar surface area (TPSA) is 36.7 Å². The van der Waals surface area contributed by atoms with Crippen molar-refractivity contribution in [1.82, 2.24) is 4.98 Å². The van der Waals surface area contributed by atoms with Gasteiger partial charge in [0.2, 0.25) is 0 Å². The molecule has 0 atom stereocenters. The first-order valence-corrected chi connectivity index (χ1v) is 6.99. The summed E-state index contributed by atoms with van der Waals surface area (Å²) in [5.74, 6) is 0. The van der Waals surface area contributed by atoms with Crippen LogP contribution >= 0.6 is 0 Å². The van der Waals surface area contributed by atoms with E-state index in [-0.39, 0.29) is 10.8 Å². The number of aromatic nitrogens is 1. The number of rotatable bonds is 0. The third-order valence-corrected chi connectivity index (χ3v) is 3.54. The first-order chi connectivity index (χ1) is 9.14. The Kier molecular flexibility index (Phi) is 3.34. The van der Waals surface area contributed by atoms with Crippen molar-refractivity contribution in [2.24, 2.45) is 0 Å². The van der Waals surface area contributed by atoms with Crippen LogP contribution in [-0.2, 0) is 10.8 Å². The van der Waals surface area contributed by atoms with Crippen molar-refractivity contribution in [3.05, 3.63) is 41.1 Å². The zero-order valence-electron chi connectivity index (χ0n) is 13.2. The SMILES string of the molecule is CC(C)(C)c1cc(C(C)(C)C)c2cccc(C#N)c2n1. The van der Waals surface area contributed by atoms with E-state index in [0.717, 1.165) is 16.6 Å². The van der Waals surface area contributed by atoms with Crippen LogP contribution in [0.3, 0.4) is 0 Å². The fourth-order valence-electron chi connectivity index (χ4n) is 2.34. The third-order valence-electron chi connectivity index (χ3n) is 3.54. The smallest absolute Gasteiger partial charge is 0.101 e. The highest BCUT2D eigenvalue weighted by Crippen LogP contribution is 2.34. The molecule has 20 heavy (non-hydrogen) atoms. The number of hydrogen-bond donors (Lipinski definition) is 0. The normalized spacial score (nSPS) is 12.4. The van der Waals surface area contributed by atoms with Crippen molar-refractivity contribution in [1.29, 1.82) is 5.26 Å². The standard InChI is InChI=1S/C18H22N2/c1-17(2,3)14-10-15(18(4,5)6)20-16-12(11-19)8-7-9-13(14)16/h7-10H,1-6H3. The average molecular weight is 266 g/mol. The van der Waals surface area contributed by atoms with E-state index in [0.29, 0.717) is 5.56 Å². The maximum absolute atomic E-state index is 9.33. The molecule has 1 aromatic carbocycles. The van der Waals surface area contributed by atoms with Crippen LogP contribution in [0.15, 0.2) is 24.3 Å². The molecular weight excluding hydrogens is 244 g/mol. The van der Waals surface area contributed by atoms with Gasteiger partial charge in [0, 0.05) is 16.5 Å². The zero-order valence-corrected chi connectivity index (χ0v) is 13.2. The van der Waals surface area contributed by atoms with Gasteiger partial charge in [-0.3, -0.25) is 4.98 Å². The summed E-state index contributed by atoms with van der Waals surface area (Å²) in [6.07, 6.45) is 0. The highest BCUT2D eigenvalue weighted by Gasteiger charge is 2.24. The van der Waals surface area contributed by atoms with Gasteiger partial charge in [-0.05, 0) is 23.1 Å². The van der Waals surface area contributed by atoms with Gasteiger partial charge in [-0.1, -0.05) is 53.7 Å². The van der Waals surface area contributed by atoms with E-state index in [1.54, 1.807) is 0 Å². The van der Waals surface area contributed by atoms with Crippen molar-refractivity contribution in [3.63, 3.8) is 0 Å². The van der Waals surface area contributed by atoms with Gasteiger partial charge in [0.1, 0.15) is 6.07 Å². The van der Waals surface area contributed by atoms with E-state index < -0.39 is 0 Å². The van der Waals surface area contributed by atoms with Crippen LogP contribution in [-0.4, -0.2) is 4.98 Å². The monoisotopic (exact) mass is 266 g/mol. The van der Waals surface area contributed by atoms with Gasteiger partial charge >= 0.3 is 0 Å². The molecule has 0 aliphatic carbocycles. The van der Waals surface area contributed by atoms with Gasteiger partial charge in [0.05, 0.1) is 11.1 Å². The largest absolute Gasteiger partial charge is 0.251 e. The van der Waals surface area contributed by atoms with Crippen LogP contribution < -0.4 is 0 Å². The minimum Gasteiger partial charge on any atom is -0.251 e. The van der Waals surface area contributed by atoms with Gasteiger partial charge in [-0.25, -0.2) is 0 Å². The highest BCUT2D eigenvalue weighted by molar-refractivity contribution is 5.88. The van der Waals surface area contributed by atoms with Crippen LogP contribution in [0.5, 0.6) is 0 Å². The molecule has 2 nitrogen and oxygen atoms in total. The van der Waals surface area contributed by atoms with Crippen LogP contribution in [0.1, 0.15) is 58.4 Å². The van der Waals surface area contributed by atoms with Gasteiger partial charge in [0.15, 0.2) is 0 Å². The summed E-state index contributed by atoms with van der Waals surface area (Å²) in [7, 11) is 0. The lowest BCUT2D eigenvalue weighted by Gasteiger charge is -2.26. The molecule has 2 rings (SSSR count). The summed E-state index contributed by atoms with van der Waals surface area (Å²) >= 11 is 0. The van der Waals surface area contributed by atoms with Gasteiger partial charge in [-0.2, -0.15) is 5.26 Å². The van der Waals surface area contributed by atoms with E-state index in [4.69, 9.17) is 4.98 Å². The molecule has 2 aromatic rings. The second-order valence-corrected chi connectivity index (χ2v) is 7.37. The number of fused-ring (bicyclic) bond motifs is 1. The van der Waals surface area contributed by atoms with E-state index >= 15 is 0 Å². The molecular formula is C18H22N2. The Balaban J connectivity index is 2.94. The number of para-hydroxylation sites is 1. The fourth-order valence-corrected chi connectivity index (χ4v) is 2.34. The Morgan fingerprint density at radius 3 is 2.15 bits per heavy atom. The number of pyridine rings is 1. The van der Waals surface area contributed by atoms with E-state index in [1.807, 2.05) is 12.1 Å². The lowest BCUT2D eigenvalue weighted by molar-refractivity contribution is 0.558. The number of benzene rings is 1. The Hall–Kier alpha value is -1.88. The summed E-state index contributed by atoms with van der Waals surface area (Å²) in [6.45, 7) is 13.1. The first kappa shape index (κ1) is 14.5. The Morgan fingerprint density at radius 1 is 1.00 bits per heavy atom. The maximum Gasteiger partial charge on any atom is 0.101 e. The summed E-state index contributed by atoms with van der Waals surface area (Å²) < 4.78 is 0. The van der Waals surface area contributed by atoms with Crippen LogP contribution in [0, 0.1) is 11.3 Å². The molecule has 0 fully saturated rings. The molecule has 1 aromatic heterocycles. The number of nitriles is 1. The second kappa shape index (κ2) is 4.59. The molecule has 1 heterocycles. The lowest BCUT2D eigenvalue weighted by Crippen LogP contribution is -2.18. The predicted octanol–water partition coefficient (Wildman–Crippen LogP) is 4.70. The van der Waals surface area contributed by atoms with E-state index in [2.05, 4.69) is 59.7 Å². The quantitative estimate of drug-likeness (QED) is 0.693.